The minimum atomic E-state index is -1.36. The molecule has 152 valence electrons. The lowest BCUT2D eigenvalue weighted by Crippen LogP contribution is -2.30. The van der Waals surface area contributed by atoms with Gasteiger partial charge in [0.1, 0.15) is 5.65 Å². The number of aryl methyl sites for hydroxylation is 1. The fraction of sp³-hybridized carbons (Fsp3) is 0.333. The summed E-state index contributed by atoms with van der Waals surface area (Å²) in [5.74, 6) is 0.0304. The highest BCUT2D eigenvalue weighted by Gasteiger charge is 2.37. The van der Waals surface area contributed by atoms with Gasteiger partial charge in [-0.25, -0.2) is 4.39 Å². The molecule has 11 heteroatoms. The van der Waals surface area contributed by atoms with Crippen LogP contribution in [0.5, 0.6) is 5.88 Å². The predicted molar refractivity (Wildman–Crippen MR) is 106 cm³/mol. The summed E-state index contributed by atoms with van der Waals surface area (Å²) in [5.41, 5.74) is 1.14. The number of H-pyrrole nitrogens is 1. The first-order valence-electron chi connectivity index (χ1n) is 9.04. The number of nitrogens with zero attached hydrogens (tertiary/aromatic N) is 5. The van der Waals surface area contributed by atoms with E-state index in [0.29, 0.717) is 21.7 Å². The fourth-order valence-corrected chi connectivity index (χ4v) is 3.36. The van der Waals surface area contributed by atoms with Gasteiger partial charge in [-0.1, -0.05) is 18.2 Å². The van der Waals surface area contributed by atoms with Crippen molar-refractivity contribution in [3.63, 3.8) is 0 Å². The van der Waals surface area contributed by atoms with Gasteiger partial charge in [0.05, 0.1) is 35.4 Å². The first-order chi connectivity index (χ1) is 14.0. The Balaban J connectivity index is 1.63. The lowest BCUT2D eigenvalue weighted by atomic mass is 10.3. The van der Waals surface area contributed by atoms with Crippen molar-refractivity contribution < 1.29 is 13.9 Å². The lowest BCUT2D eigenvalue weighted by molar-refractivity contribution is -0.125. The molecule has 4 heterocycles. The number of fused-ring (bicyclic) bond motifs is 1. The number of likely N-dealkylation sites (tertiary alicyclic amines) is 1. The smallest absolute Gasteiger partial charge is 0.246 e. The van der Waals surface area contributed by atoms with Crippen LogP contribution in [0.15, 0.2) is 31.2 Å². The second-order valence-electron chi connectivity index (χ2n) is 6.54. The molecule has 3 aromatic rings. The van der Waals surface area contributed by atoms with Crippen molar-refractivity contribution in [1.82, 2.24) is 29.6 Å². The van der Waals surface area contributed by atoms with Gasteiger partial charge in [-0.3, -0.25) is 9.48 Å². The number of anilines is 2. The first kappa shape index (κ1) is 19.2. The van der Waals surface area contributed by atoms with Crippen LogP contribution in [0.25, 0.3) is 11.0 Å². The highest BCUT2D eigenvalue weighted by molar-refractivity contribution is 6.35. The first-order valence-corrected chi connectivity index (χ1v) is 9.42. The second-order valence-corrected chi connectivity index (χ2v) is 6.95. The number of nitrogens with one attached hydrogen (secondary N) is 2. The number of ether oxygens (including phenoxy) is 1. The molecule has 9 nitrogen and oxygen atoms in total. The van der Waals surface area contributed by atoms with Gasteiger partial charge in [0.25, 0.3) is 0 Å². The molecule has 29 heavy (non-hydrogen) atoms. The Morgan fingerprint density at radius 1 is 1.52 bits per heavy atom. The summed E-state index contributed by atoms with van der Waals surface area (Å²) in [6.07, 6.45) is 3.93. The molecule has 0 saturated carbocycles. The van der Waals surface area contributed by atoms with Crippen molar-refractivity contribution in [1.29, 1.82) is 0 Å². The van der Waals surface area contributed by atoms with Crippen LogP contribution in [-0.2, 0) is 11.3 Å². The molecule has 0 spiro atoms. The molecule has 0 aromatic carbocycles. The Bertz CT molecular complexity index is 1070. The molecule has 0 bridgehead atoms. The molecular weight excluding hydrogens is 401 g/mol. The van der Waals surface area contributed by atoms with Gasteiger partial charge < -0.3 is 19.9 Å². The number of halogens is 2. The van der Waals surface area contributed by atoms with Gasteiger partial charge in [0, 0.05) is 18.9 Å². The zero-order valence-electron chi connectivity index (χ0n) is 15.6. The molecule has 0 aliphatic carbocycles. The summed E-state index contributed by atoms with van der Waals surface area (Å²) in [6.45, 7) is 6.16. The molecule has 1 saturated heterocycles. The van der Waals surface area contributed by atoms with E-state index in [0.717, 1.165) is 12.6 Å². The quantitative estimate of drug-likeness (QED) is 0.596. The molecule has 3 aromatic heterocycles. The normalized spacial score (nSPS) is 18.9. The Hall–Kier alpha value is -3.14. The van der Waals surface area contributed by atoms with E-state index in [1.807, 2.05) is 13.1 Å². The molecule has 1 aliphatic heterocycles. The SMILES string of the molecule is C=CC(=O)N1CC(F)C(Oc2nc(Nc3cnn(CC)c3)nc3[nH]cc(Cl)c23)C1. The molecule has 1 fully saturated rings. The predicted octanol–water partition coefficient (Wildman–Crippen LogP) is 2.69. The van der Waals surface area contributed by atoms with E-state index in [1.165, 1.54) is 4.90 Å². The van der Waals surface area contributed by atoms with E-state index in [2.05, 4.69) is 31.9 Å². The van der Waals surface area contributed by atoms with Crippen molar-refractivity contribution >= 4 is 40.2 Å². The summed E-state index contributed by atoms with van der Waals surface area (Å²) < 4.78 is 22.1. The van der Waals surface area contributed by atoms with E-state index in [-0.39, 0.29) is 30.8 Å². The van der Waals surface area contributed by atoms with Gasteiger partial charge >= 0.3 is 0 Å². The third-order valence-corrected chi connectivity index (χ3v) is 4.91. The second kappa shape index (κ2) is 7.70. The maximum Gasteiger partial charge on any atom is 0.246 e. The molecule has 0 radical (unpaired) electrons. The van der Waals surface area contributed by atoms with E-state index in [1.54, 1.807) is 17.1 Å². The van der Waals surface area contributed by atoms with Gasteiger partial charge in [-0.2, -0.15) is 15.1 Å². The molecule has 2 unspecified atom stereocenters. The number of carbonyl (C=O) groups excluding carboxylic acids is 1. The van der Waals surface area contributed by atoms with Gasteiger partial charge in [-0.15, -0.1) is 0 Å². The highest BCUT2D eigenvalue weighted by atomic mass is 35.5. The standard InChI is InChI=1S/C18H19ClFN7O2/c1-3-14(28)26-8-12(20)13(9-26)29-17-15-11(19)6-21-16(15)24-18(25-17)23-10-5-22-27(4-2)7-10/h3,5-7,12-13H,1,4,8-9H2,2H3,(H2,21,23,24,25). The van der Waals surface area contributed by atoms with Crippen LogP contribution in [0, 0.1) is 0 Å². The monoisotopic (exact) mass is 419 g/mol. The number of alkyl halides is 1. The van der Waals surface area contributed by atoms with E-state index in [9.17, 15) is 9.18 Å². The topological polar surface area (TPSA) is 101 Å². The van der Waals surface area contributed by atoms with Gasteiger partial charge in [-0.05, 0) is 13.0 Å². The molecule has 1 amide bonds. The number of hydrogen-bond donors (Lipinski definition) is 2. The Labute approximate surface area is 170 Å². The molecule has 4 rings (SSSR count). The van der Waals surface area contributed by atoms with Crippen LogP contribution in [0.1, 0.15) is 6.92 Å². The summed E-state index contributed by atoms with van der Waals surface area (Å²) in [5, 5.41) is 8.04. The van der Waals surface area contributed by atoms with Crippen molar-refractivity contribution in [3.05, 3.63) is 36.3 Å². The minimum absolute atomic E-state index is 0.0636. The fourth-order valence-electron chi connectivity index (χ4n) is 3.13. The van der Waals surface area contributed by atoms with Crippen LogP contribution >= 0.6 is 11.6 Å². The van der Waals surface area contributed by atoms with Crippen molar-refractivity contribution in [2.45, 2.75) is 25.7 Å². The molecule has 2 atom stereocenters. The van der Waals surface area contributed by atoms with Crippen LogP contribution in [-0.4, -0.2) is 60.9 Å². The lowest BCUT2D eigenvalue weighted by Gasteiger charge is -2.16. The third kappa shape index (κ3) is 3.75. The third-order valence-electron chi connectivity index (χ3n) is 4.61. The number of rotatable bonds is 6. The summed E-state index contributed by atoms with van der Waals surface area (Å²) in [7, 11) is 0. The number of aromatic amines is 1. The minimum Gasteiger partial charge on any atom is -0.469 e. The van der Waals surface area contributed by atoms with Crippen LogP contribution in [0.4, 0.5) is 16.0 Å². The maximum atomic E-state index is 14.5. The van der Waals surface area contributed by atoms with E-state index in [4.69, 9.17) is 16.3 Å². The molecule has 2 N–H and O–H groups in total. The van der Waals surface area contributed by atoms with Crippen molar-refractivity contribution in [2.75, 3.05) is 18.4 Å². The maximum absolute atomic E-state index is 14.5. The van der Waals surface area contributed by atoms with Gasteiger partial charge in [0.15, 0.2) is 12.3 Å². The van der Waals surface area contributed by atoms with Crippen LogP contribution < -0.4 is 10.1 Å². The Morgan fingerprint density at radius 3 is 3.07 bits per heavy atom. The molecular formula is C18H19ClFN7O2. The number of hydrogen-bond acceptors (Lipinski definition) is 6. The van der Waals surface area contributed by atoms with Crippen LogP contribution in [0.3, 0.4) is 0 Å². The summed E-state index contributed by atoms with van der Waals surface area (Å²) in [6, 6.07) is 0. The highest BCUT2D eigenvalue weighted by Crippen LogP contribution is 2.33. The van der Waals surface area contributed by atoms with Crippen LogP contribution in [0.2, 0.25) is 5.02 Å². The zero-order valence-corrected chi connectivity index (χ0v) is 16.4. The van der Waals surface area contributed by atoms with E-state index < -0.39 is 12.3 Å². The largest absolute Gasteiger partial charge is 0.469 e. The van der Waals surface area contributed by atoms with Gasteiger partial charge in [0.2, 0.25) is 17.7 Å². The van der Waals surface area contributed by atoms with Crippen molar-refractivity contribution in [3.8, 4) is 5.88 Å². The Morgan fingerprint density at radius 2 is 2.34 bits per heavy atom. The number of carbonyl (C=O) groups is 1. The number of amides is 1. The summed E-state index contributed by atoms with van der Waals surface area (Å²) >= 11 is 6.24. The van der Waals surface area contributed by atoms with Crippen molar-refractivity contribution in [2.24, 2.45) is 0 Å². The van der Waals surface area contributed by atoms with E-state index >= 15 is 0 Å². The summed E-state index contributed by atoms with van der Waals surface area (Å²) in [4.78, 5) is 24.8. The average molecular weight is 420 g/mol. The molecule has 1 aliphatic rings. The zero-order chi connectivity index (χ0) is 20.5. The average Bonchev–Trinajstić information content (AvgIpc) is 3.41. The number of aromatic nitrogens is 5. The Kier molecular flexibility index (Phi) is 5.10.